The first-order chi connectivity index (χ1) is 25.4. The molecule has 6 rings (SSSR count). The number of hydrogen-bond acceptors (Lipinski definition) is 14. The third kappa shape index (κ3) is 9.66. The van der Waals surface area contributed by atoms with E-state index >= 15 is 0 Å². The molecule has 3 aromatic heterocycles. The first-order valence-corrected chi connectivity index (χ1v) is 18.6. The number of methoxy groups -OCH3 is 2. The molecular weight excluding hydrogens is 791 g/mol. The number of aromatic nitrogens is 6. The molecule has 2 aromatic carbocycles. The van der Waals surface area contributed by atoms with E-state index in [1.165, 1.54) is 6.20 Å². The lowest BCUT2D eigenvalue weighted by molar-refractivity contribution is 0.371. The lowest BCUT2D eigenvalue weighted by Gasteiger charge is -2.22. The van der Waals surface area contributed by atoms with Crippen LogP contribution in [-0.2, 0) is 7.05 Å². The molecule has 0 radical (unpaired) electrons. The van der Waals surface area contributed by atoms with Gasteiger partial charge in [0.25, 0.3) is 0 Å². The summed E-state index contributed by atoms with van der Waals surface area (Å²) in [6.45, 7) is 8.31. The SMILES string of the molecule is CI.COc1cc(C(C)C)c(OC2=CNC(N)=NC2N)cc1-c1nccn1C.COc1cc(C(C)C)c(Oc2cnc(N)nc2N)cc1-c1ncc[nH]1. The highest BCUT2D eigenvalue weighted by Crippen LogP contribution is 2.41. The molecule has 0 saturated heterocycles. The molecule has 0 aliphatic carbocycles. The Morgan fingerprint density at radius 3 is 1.94 bits per heavy atom. The number of hydrogen-bond donors (Lipinski definition) is 6. The summed E-state index contributed by atoms with van der Waals surface area (Å²) in [5.74, 6) is 5.98. The Bertz CT molecular complexity index is 2040. The van der Waals surface area contributed by atoms with Crippen LogP contribution in [0.1, 0.15) is 50.7 Å². The predicted molar refractivity (Wildman–Crippen MR) is 216 cm³/mol. The fraction of sp³-hybridized carbons (Fsp3) is 0.306. The Hall–Kier alpha value is -5.56. The smallest absolute Gasteiger partial charge is 0.222 e. The second kappa shape index (κ2) is 18.3. The van der Waals surface area contributed by atoms with Gasteiger partial charge in [-0.1, -0.05) is 50.3 Å². The summed E-state index contributed by atoms with van der Waals surface area (Å²) in [4.78, 5) is 25.7. The molecule has 0 fully saturated rings. The molecule has 1 aliphatic heterocycles. The maximum absolute atomic E-state index is 6.10. The van der Waals surface area contributed by atoms with E-state index in [1.807, 2.05) is 47.0 Å². The summed E-state index contributed by atoms with van der Waals surface area (Å²) in [5.41, 5.74) is 26.6. The summed E-state index contributed by atoms with van der Waals surface area (Å²) < 4.78 is 25.1. The van der Waals surface area contributed by atoms with Gasteiger partial charge in [-0.2, -0.15) is 4.98 Å². The van der Waals surface area contributed by atoms with E-state index < -0.39 is 6.17 Å². The number of anilines is 2. The molecule has 4 heterocycles. The number of H-pyrrole nitrogens is 1. The Morgan fingerprint density at radius 1 is 0.792 bits per heavy atom. The van der Waals surface area contributed by atoms with Crippen LogP contribution in [0.25, 0.3) is 22.8 Å². The molecule has 0 amide bonds. The average Bonchev–Trinajstić information content (AvgIpc) is 3.83. The van der Waals surface area contributed by atoms with Crippen molar-refractivity contribution in [2.24, 2.45) is 23.5 Å². The molecule has 0 bridgehead atoms. The molecule has 0 spiro atoms. The molecule has 5 aromatic rings. The van der Waals surface area contributed by atoms with Crippen molar-refractivity contribution >= 4 is 40.3 Å². The summed E-state index contributed by atoms with van der Waals surface area (Å²) in [7, 11) is 5.20. The minimum atomic E-state index is -0.657. The number of nitrogen functional groups attached to an aromatic ring is 2. The van der Waals surface area contributed by atoms with E-state index in [-0.39, 0.29) is 29.6 Å². The van der Waals surface area contributed by atoms with Crippen LogP contribution in [0, 0.1) is 0 Å². The van der Waals surface area contributed by atoms with Crippen molar-refractivity contribution in [3.8, 4) is 51.5 Å². The number of benzene rings is 2. The van der Waals surface area contributed by atoms with Gasteiger partial charge in [0.2, 0.25) is 5.95 Å². The normalized spacial score (nSPS) is 13.5. The van der Waals surface area contributed by atoms with Gasteiger partial charge in [0, 0.05) is 49.2 Å². The van der Waals surface area contributed by atoms with Crippen LogP contribution in [0.15, 0.2) is 72.2 Å². The number of nitrogens with two attached hydrogens (primary N) is 4. The minimum absolute atomic E-state index is 0.0972. The summed E-state index contributed by atoms with van der Waals surface area (Å²) in [5, 5.41) is 2.82. The minimum Gasteiger partial charge on any atom is -0.496 e. The number of rotatable bonds is 10. The van der Waals surface area contributed by atoms with E-state index in [9.17, 15) is 0 Å². The van der Waals surface area contributed by atoms with Crippen LogP contribution >= 0.6 is 22.6 Å². The van der Waals surface area contributed by atoms with Crippen molar-refractivity contribution in [2.75, 3.05) is 30.6 Å². The number of halogens is 1. The van der Waals surface area contributed by atoms with Crippen LogP contribution in [0.3, 0.4) is 0 Å². The average molecular weight is 839 g/mol. The first-order valence-electron chi connectivity index (χ1n) is 16.5. The van der Waals surface area contributed by atoms with Gasteiger partial charge in [-0.15, -0.1) is 0 Å². The molecule has 53 heavy (non-hydrogen) atoms. The topological polar surface area (TPSA) is 238 Å². The molecule has 17 heteroatoms. The van der Waals surface area contributed by atoms with E-state index in [4.69, 9.17) is 41.9 Å². The van der Waals surface area contributed by atoms with Crippen LogP contribution in [-0.4, -0.2) is 60.8 Å². The lowest BCUT2D eigenvalue weighted by atomic mass is 9.99. The van der Waals surface area contributed by atoms with Crippen molar-refractivity contribution < 1.29 is 18.9 Å². The number of imidazole rings is 2. The van der Waals surface area contributed by atoms with Gasteiger partial charge >= 0.3 is 0 Å². The summed E-state index contributed by atoms with van der Waals surface area (Å²) in [6.07, 6.45) is 9.48. The first kappa shape index (κ1) is 40.2. The monoisotopic (exact) mass is 838 g/mol. The van der Waals surface area contributed by atoms with Crippen molar-refractivity contribution in [1.29, 1.82) is 0 Å². The number of aryl methyl sites for hydroxylation is 1. The Labute approximate surface area is 322 Å². The van der Waals surface area contributed by atoms with Crippen LogP contribution in [0.5, 0.6) is 28.7 Å². The summed E-state index contributed by atoms with van der Waals surface area (Å²) in [6, 6.07) is 7.70. The van der Waals surface area contributed by atoms with Crippen molar-refractivity contribution in [3.05, 3.63) is 78.3 Å². The number of nitrogens with zero attached hydrogens (tertiary/aromatic N) is 6. The zero-order valence-corrected chi connectivity index (χ0v) is 33.2. The number of aromatic amines is 1. The van der Waals surface area contributed by atoms with Gasteiger partial charge in [0.05, 0.1) is 31.5 Å². The van der Waals surface area contributed by atoms with Gasteiger partial charge in [0.1, 0.15) is 34.6 Å². The Morgan fingerprint density at radius 2 is 1.42 bits per heavy atom. The van der Waals surface area contributed by atoms with Crippen LogP contribution in [0.4, 0.5) is 11.8 Å². The molecule has 16 nitrogen and oxygen atoms in total. The fourth-order valence-electron chi connectivity index (χ4n) is 5.26. The molecule has 1 unspecified atom stereocenters. The molecule has 1 atom stereocenters. The van der Waals surface area contributed by atoms with Crippen molar-refractivity contribution in [3.63, 3.8) is 0 Å². The van der Waals surface area contributed by atoms with Gasteiger partial charge < -0.3 is 56.7 Å². The quantitative estimate of drug-likeness (QED) is 0.0738. The zero-order valence-electron chi connectivity index (χ0n) is 31.0. The van der Waals surface area contributed by atoms with Crippen molar-refractivity contribution in [2.45, 2.75) is 45.7 Å². The van der Waals surface area contributed by atoms with E-state index in [2.05, 4.69) is 85.5 Å². The maximum Gasteiger partial charge on any atom is 0.222 e. The Balaban J connectivity index is 0.000000226. The number of ether oxygens (including phenoxy) is 4. The largest absolute Gasteiger partial charge is 0.496 e. The lowest BCUT2D eigenvalue weighted by Crippen LogP contribution is -2.39. The number of guanidine groups is 1. The molecule has 1 aliphatic rings. The molecule has 10 N–H and O–H groups in total. The van der Waals surface area contributed by atoms with Crippen molar-refractivity contribution in [1.82, 2.24) is 34.8 Å². The van der Waals surface area contributed by atoms with Gasteiger partial charge in [-0.25, -0.2) is 19.9 Å². The Kier molecular flexibility index (Phi) is 13.9. The molecule has 282 valence electrons. The number of nitrogens with one attached hydrogen (secondary N) is 2. The maximum atomic E-state index is 6.10. The molecular formula is C36H47IN12O4. The zero-order chi connectivity index (χ0) is 38.8. The third-order valence-electron chi connectivity index (χ3n) is 7.90. The standard InChI is InChI=1S/C18H24N6O2.C17H20N6O2.CH3I/c1-10(2)11-7-13(25-4)12(17-21-5-6-24(17)3)8-14(11)26-15-9-22-18(20)23-16(15)19;1-9(2)10-6-12(24-3)11(16-20-4-5-21-16)7-13(10)25-14-8-22-17(19)23-15(14)18;1-2/h5-10,16H,19H2,1-4H3,(H3,20,22,23);4-9H,1-3H3,(H,20,21)(H4,18,19,22,23);1H3. The van der Waals surface area contributed by atoms with Crippen LogP contribution in [0.2, 0.25) is 0 Å². The highest BCUT2D eigenvalue weighted by Gasteiger charge is 2.22. The fourth-order valence-corrected chi connectivity index (χ4v) is 5.26. The van der Waals surface area contributed by atoms with Crippen LogP contribution < -0.4 is 47.2 Å². The second-order valence-electron chi connectivity index (χ2n) is 12.1. The second-order valence-corrected chi connectivity index (χ2v) is 12.1. The highest BCUT2D eigenvalue weighted by atomic mass is 127. The number of alkyl halides is 1. The predicted octanol–water partition coefficient (Wildman–Crippen LogP) is 5.65. The van der Waals surface area contributed by atoms with E-state index in [0.29, 0.717) is 34.6 Å². The van der Waals surface area contributed by atoms with E-state index in [1.54, 1.807) is 39.0 Å². The number of aliphatic imine (C=N–C) groups is 1. The highest BCUT2D eigenvalue weighted by molar-refractivity contribution is 14.1. The summed E-state index contributed by atoms with van der Waals surface area (Å²) >= 11 is 2.15. The van der Waals surface area contributed by atoms with Gasteiger partial charge in [0.15, 0.2) is 29.5 Å². The van der Waals surface area contributed by atoms with E-state index in [0.717, 1.165) is 33.8 Å². The van der Waals surface area contributed by atoms with Gasteiger partial charge in [-0.3, -0.25) is 0 Å². The molecule has 0 saturated carbocycles. The van der Waals surface area contributed by atoms with Gasteiger partial charge in [-0.05, 0) is 41.0 Å². The third-order valence-corrected chi connectivity index (χ3v) is 7.90.